The quantitative estimate of drug-likeness (QED) is 0.00971. The van der Waals surface area contributed by atoms with E-state index in [1.54, 1.807) is 38.5 Å². The van der Waals surface area contributed by atoms with Crippen molar-refractivity contribution in [2.45, 2.75) is 161 Å². The predicted molar refractivity (Wildman–Crippen MR) is 497 cm³/mol. The maximum atomic E-state index is 14.6. The largest absolute Gasteiger partial charge is 0.871 e. The molecule has 2 spiro atoms. The number of aromatic carboxylic acids is 1. The fourth-order valence-corrected chi connectivity index (χ4v) is 20.6. The number of allylic oxidation sites excluding steroid dienone is 7. The summed E-state index contributed by atoms with van der Waals surface area (Å²) < 4.78 is 24.0. The zero-order valence-corrected chi connectivity index (χ0v) is 74.1. The first-order valence-corrected chi connectivity index (χ1v) is 44.4. The van der Waals surface area contributed by atoms with Gasteiger partial charge in [-0.1, -0.05) is 129 Å². The van der Waals surface area contributed by atoms with E-state index in [1.807, 2.05) is 61.5 Å². The lowest BCUT2D eigenvalue weighted by Crippen LogP contribution is -2.51. The number of nitrogens with one attached hydrogen (secondary N) is 5. The van der Waals surface area contributed by atoms with E-state index >= 15 is 0 Å². The number of carboxylic acids is 1. The van der Waals surface area contributed by atoms with E-state index in [-0.39, 0.29) is 75.2 Å². The van der Waals surface area contributed by atoms with E-state index in [0.717, 1.165) is 207 Å². The molecule has 0 unspecified atom stereocenters. The lowest BCUT2D eigenvalue weighted by Gasteiger charge is -2.46. The summed E-state index contributed by atoms with van der Waals surface area (Å²) in [5, 5.41) is 63.1. The first-order valence-electron chi connectivity index (χ1n) is 44.4. The van der Waals surface area contributed by atoms with Crippen molar-refractivity contribution in [2.24, 2.45) is 16.8 Å². The Bertz CT molecular complexity index is 6650. The molecule has 7 N–H and O–H groups in total. The number of fused-ring (bicyclic) bond motifs is 6. The Labute approximate surface area is 747 Å². The van der Waals surface area contributed by atoms with Crippen molar-refractivity contribution in [1.29, 1.82) is 0 Å². The molecule has 4 aliphatic heterocycles. The van der Waals surface area contributed by atoms with E-state index in [9.17, 15) is 48.9 Å². The number of hydrogen-bond acceptors (Lipinski definition) is 20. The van der Waals surface area contributed by atoms with Crippen LogP contribution in [0.4, 0.5) is 44.6 Å². The van der Waals surface area contributed by atoms with Gasteiger partial charge in [0.25, 0.3) is 0 Å². The van der Waals surface area contributed by atoms with Crippen LogP contribution in [0.25, 0.3) is 54.2 Å². The minimum absolute atomic E-state index is 0.00969. The average molecular weight is 1740 g/mol. The van der Waals surface area contributed by atoms with Crippen LogP contribution in [0.5, 0.6) is 0 Å². The molecule has 8 aliphatic rings. The van der Waals surface area contributed by atoms with Crippen LogP contribution in [0.1, 0.15) is 185 Å². The Morgan fingerprint density at radius 2 is 1.25 bits per heavy atom. The highest BCUT2D eigenvalue weighted by atomic mass is 16.5. The van der Waals surface area contributed by atoms with Crippen molar-refractivity contribution < 1.29 is 82.0 Å². The minimum atomic E-state index is -1.31. The number of aliphatic hydroxyl groups is 1. The SMILES string of the molecule is COCCCC1CCC2(CC1)Nc1cccc3ccc(C4=C(O)C(=c5ccc6cccc7c6c5=NC5(CCC(CCCOC(=O)Nc6ccc(C)c(NC(C)=O)c6)CC5)N7)C4=O)c(c13)N2.COCCCN1C(=CC2=C([O-])C(=CC3=[N+](CCCOC(=O)c4ccc(C(C)=O)c(C(=O)O)c4)c4ccc5ccccc5c4C3(C)C)C2=O)C(C)(C)c2c1ccc1ccccc21.O=C=O. The molecule has 24 nitrogen and oxygen atoms in total. The number of aryl methyl sites for hydroxylation is 1. The van der Waals surface area contributed by atoms with Crippen LogP contribution in [0.2, 0.25) is 0 Å². The molecule has 662 valence electrons. The van der Waals surface area contributed by atoms with Gasteiger partial charge in [0.1, 0.15) is 17.1 Å². The molecule has 0 aromatic heterocycles. The topological polar surface area (TPSA) is 333 Å². The number of ether oxygens (including phenoxy) is 4. The first kappa shape index (κ1) is 88.8. The maximum absolute atomic E-state index is 14.6. The zero-order chi connectivity index (χ0) is 91.0. The number of benzene rings is 10. The maximum Gasteiger partial charge on any atom is 0.411 e. The lowest BCUT2D eigenvalue weighted by molar-refractivity contribution is -0.438. The molecular weight excluding hydrogens is 1630 g/mol. The molecule has 10 aromatic carbocycles. The molecule has 2 fully saturated rings. The number of esters is 1. The van der Waals surface area contributed by atoms with E-state index in [4.69, 9.17) is 33.5 Å². The van der Waals surface area contributed by atoms with Gasteiger partial charge in [-0.05, 0) is 227 Å². The van der Waals surface area contributed by atoms with Crippen molar-refractivity contribution in [3.63, 3.8) is 0 Å². The Morgan fingerprint density at radius 1 is 0.628 bits per heavy atom. The Hall–Kier alpha value is -13.7. The number of Topliss-reactive ketones (excluding diaryl/α,β-unsaturated/α-hetero) is 3. The molecule has 24 heteroatoms. The van der Waals surface area contributed by atoms with Crippen LogP contribution in [0.3, 0.4) is 0 Å². The van der Waals surface area contributed by atoms with Gasteiger partial charge < -0.3 is 60.4 Å². The summed E-state index contributed by atoms with van der Waals surface area (Å²) in [7, 11) is 3.45. The third-order valence-corrected chi connectivity index (χ3v) is 27.0. The summed E-state index contributed by atoms with van der Waals surface area (Å²) in [6.45, 7) is 15.8. The highest BCUT2D eigenvalue weighted by molar-refractivity contribution is 6.52. The number of amides is 2. The van der Waals surface area contributed by atoms with Gasteiger partial charge in [-0.2, -0.15) is 14.2 Å². The molecule has 18 rings (SSSR count). The number of carbonyl (C=O) groups is 7. The van der Waals surface area contributed by atoms with Gasteiger partial charge in [0, 0.05) is 143 Å². The highest BCUT2D eigenvalue weighted by Gasteiger charge is 2.49. The number of hydrogen-bond donors (Lipinski definition) is 7. The number of methoxy groups -OCH3 is 2. The van der Waals surface area contributed by atoms with Gasteiger partial charge in [-0.15, -0.1) is 0 Å². The van der Waals surface area contributed by atoms with Crippen molar-refractivity contribution in [3.8, 4) is 0 Å². The van der Waals surface area contributed by atoms with Gasteiger partial charge in [0.05, 0.1) is 51.9 Å². The lowest BCUT2D eigenvalue weighted by atomic mass is 9.76. The highest BCUT2D eigenvalue weighted by Crippen LogP contribution is 2.54. The molecule has 2 amide bonds. The van der Waals surface area contributed by atoms with Gasteiger partial charge in [0.15, 0.2) is 23.8 Å². The molecule has 4 heterocycles. The standard InChI is InChI=1S/C53H58N6O6.C51H48N2O8.CO2/c1-31-14-17-37(30-42(31)54-32(2)60)55-51(63)65-29-7-9-34-22-26-53(27-23-34)57-41-13-5-11-36-16-19-39(48(59-53)44(36)41)46-49(61)45(50(46)62)38-18-15-35-10-4-12-40-43(35)47(38)58-52(56-40)24-20-33(21-25-52)8-6-28-64-3;1-30(54)34-20-17-33(27-37(34)48(57)58)49(59)61-26-12-24-53-41-22-19-32-14-8-10-16-36(32)45(41)51(4,5)43(53)29-39-46(55)38(47(39)56)28-42-50(2,3)44-35-15-9-7-13-31(35)18-21-40(44)52(42)23-11-25-60-6;2-1-3/h4-5,10-19,30,33-34,56-58,61H,6-9,20-29H2,1-3H3,(H,54,60)(H,55,63);7-10,13-22,27-29H,11-12,23-26H2,1-6H3,(H-,55,56,57,58);. The summed E-state index contributed by atoms with van der Waals surface area (Å²) in [5.74, 6) is -2.27. The van der Waals surface area contributed by atoms with Crippen LogP contribution in [-0.4, -0.2) is 133 Å². The van der Waals surface area contributed by atoms with Crippen LogP contribution >= 0.6 is 0 Å². The number of nitrogens with zero attached hydrogens (tertiary/aromatic N) is 3. The van der Waals surface area contributed by atoms with E-state index < -0.39 is 40.3 Å². The molecule has 2 saturated carbocycles. The predicted octanol–water partition coefficient (Wildman–Crippen LogP) is 17.8. The van der Waals surface area contributed by atoms with Crippen molar-refractivity contribution in [3.05, 3.63) is 260 Å². The molecule has 0 atom stereocenters. The molecule has 4 aliphatic carbocycles. The number of aliphatic hydroxyl groups excluding tert-OH is 1. The molecule has 0 bridgehead atoms. The van der Waals surface area contributed by atoms with Gasteiger partial charge in [-0.3, -0.25) is 29.5 Å². The van der Waals surface area contributed by atoms with Gasteiger partial charge in [-0.25, -0.2) is 14.4 Å². The van der Waals surface area contributed by atoms with Crippen molar-refractivity contribution in [2.75, 3.05) is 85.2 Å². The summed E-state index contributed by atoms with van der Waals surface area (Å²) in [6, 6.07) is 54.5. The normalized spacial score (nSPS) is 20.5. The van der Waals surface area contributed by atoms with Gasteiger partial charge >= 0.3 is 24.2 Å². The van der Waals surface area contributed by atoms with Crippen molar-refractivity contribution in [1.82, 2.24) is 0 Å². The number of anilines is 6. The summed E-state index contributed by atoms with van der Waals surface area (Å²) in [5.41, 5.74) is 10.4. The summed E-state index contributed by atoms with van der Waals surface area (Å²) >= 11 is 0. The number of rotatable bonds is 24. The fraction of sp³-hybridized carbons (Fsp3) is 0.333. The second kappa shape index (κ2) is 36.6. The average Bonchev–Trinajstić information content (AvgIpc) is 1.71. The number of ketones is 3. The zero-order valence-electron chi connectivity index (χ0n) is 74.1. The molecule has 0 saturated heterocycles. The summed E-state index contributed by atoms with van der Waals surface area (Å²) in [6.07, 6.45) is 15.9. The monoisotopic (exact) mass is 1730 g/mol. The molecule has 0 radical (unpaired) electrons. The Balaban J connectivity index is 0.000000184. The number of carbonyl (C=O) groups excluding carboxylic acids is 8. The molecule has 129 heavy (non-hydrogen) atoms. The van der Waals surface area contributed by atoms with E-state index in [2.05, 4.69) is 149 Å². The third-order valence-electron chi connectivity index (χ3n) is 27.0. The van der Waals surface area contributed by atoms with Crippen molar-refractivity contribution >= 4 is 147 Å². The van der Waals surface area contributed by atoms with Gasteiger partial charge in [0.2, 0.25) is 17.4 Å². The Morgan fingerprint density at radius 3 is 1.91 bits per heavy atom. The minimum Gasteiger partial charge on any atom is -0.871 e. The smallest absolute Gasteiger partial charge is 0.411 e. The Kier molecular flexibility index (Phi) is 25.2. The molecule has 10 aromatic rings. The van der Waals surface area contributed by atoms with Crippen LogP contribution in [-0.2, 0) is 53.8 Å². The van der Waals surface area contributed by atoms with Crippen LogP contribution in [0, 0.1) is 18.8 Å². The van der Waals surface area contributed by atoms with E-state index in [0.29, 0.717) is 72.3 Å². The second-order valence-corrected chi connectivity index (χ2v) is 35.9. The number of carboxylic acid groups (broad SMARTS) is 1. The third kappa shape index (κ3) is 17.1. The first-order chi connectivity index (χ1) is 62.1. The second-order valence-electron chi connectivity index (χ2n) is 35.9. The summed E-state index contributed by atoms with van der Waals surface area (Å²) in [4.78, 5) is 114. The fourth-order valence-electron chi connectivity index (χ4n) is 20.6. The molecular formula is C105H106N8O16. The van der Waals surface area contributed by atoms with Crippen LogP contribution < -0.4 is 47.2 Å². The van der Waals surface area contributed by atoms with Crippen LogP contribution in [0.15, 0.2) is 215 Å². The van der Waals surface area contributed by atoms with E-state index in [1.165, 1.54) is 26.0 Å².